The summed E-state index contributed by atoms with van der Waals surface area (Å²) in [5.41, 5.74) is 1.97. The summed E-state index contributed by atoms with van der Waals surface area (Å²) in [5, 5.41) is 6.39. The second-order valence-corrected chi connectivity index (χ2v) is 5.34. The Morgan fingerprint density at radius 2 is 1.95 bits per heavy atom. The molecule has 1 amide bonds. The lowest BCUT2D eigenvalue weighted by atomic mass is 10.2. The first-order chi connectivity index (χ1) is 9.08. The summed E-state index contributed by atoms with van der Waals surface area (Å²) in [7, 11) is 2.16. The zero-order chi connectivity index (χ0) is 13.8. The molecule has 0 aliphatic carbocycles. The molecule has 1 aromatic rings. The van der Waals surface area contributed by atoms with Gasteiger partial charge in [0, 0.05) is 36.4 Å². The molecule has 0 saturated carbocycles. The van der Waals surface area contributed by atoms with Gasteiger partial charge in [-0.25, -0.2) is 0 Å². The van der Waals surface area contributed by atoms with Crippen LogP contribution in [-0.4, -0.2) is 36.5 Å². The molecule has 1 heterocycles. The van der Waals surface area contributed by atoms with E-state index in [1.807, 2.05) is 31.2 Å². The van der Waals surface area contributed by atoms with Crippen molar-refractivity contribution in [3.8, 4) is 0 Å². The molecule has 4 heteroatoms. The van der Waals surface area contributed by atoms with E-state index in [4.69, 9.17) is 0 Å². The maximum atomic E-state index is 11.3. The first-order valence-electron chi connectivity index (χ1n) is 6.95. The molecule has 0 bridgehead atoms. The van der Waals surface area contributed by atoms with Gasteiger partial charge in [-0.2, -0.15) is 0 Å². The number of benzene rings is 1. The van der Waals surface area contributed by atoms with Crippen molar-refractivity contribution < 1.29 is 4.79 Å². The summed E-state index contributed by atoms with van der Waals surface area (Å²) < 4.78 is 0. The molecule has 104 valence electrons. The van der Waals surface area contributed by atoms with Crippen molar-refractivity contribution in [3.63, 3.8) is 0 Å². The van der Waals surface area contributed by atoms with Gasteiger partial charge in [-0.15, -0.1) is 0 Å². The molecule has 2 unspecified atom stereocenters. The smallest absolute Gasteiger partial charge is 0.224 e. The van der Waals surface area contributed by atoms with Crippen LogP contribution >= 0.6 is 0 Å². The Morgan fingerprint density at radius 3 is 2.47 bits per heavy atom. The third kappa shape index (κ3) is 3.70. The van der Waals surface area contributed by atoms with E-state index >= 15 is 0 Å². The lowest BCUT2D eigenvalue weighted by Crippen LogP contribution is -2.24. The van der Waals surface area contributed by atoms with Gasteiger partial charge in [0.25, 0.3) is 0 Å². The number of likely N-dealkylation sites (N-methyl/N-ethyl adjacent to an activating group) is 1. The van der Waals surface area contributed by atoms with E-state index in [2.05, 4.69) is 29.5 Å². The third-order valence-corrected chi connectivity index (χ3v) is 3.75. The third-order valence-electron chi connectivity index (χ3n) is 3.75. The van der Waals surface area contributed by atoms with Crippen LogP contribution in [0, 0.1) is 0 Å². The summed E-state index contributed by atoms with van der Waals surface area (Å²) in [6.45, 7) is 5.18. The predicted octanol–water partition coefficient (Wildman–Crippen LogP) is 2.54. The van der Waals surface area contributed by atoms with Crippen molar-refractivity contribution in [1.29, 1.82) is 0 Å². The van der Waals surface area contributed by atoms with Gasteiger partial charge in [0.1, 0.15) is 0 Å². The molecule has 1 aliphatic heterocycles. The Morgan fingerprint density at radius 1 is 1.32 bits per heavy atom. The molecule has 1 aliphatic rings. The number of likely N-dealkylation sites (tertiary alicyclic amines) is 1. The monoisotopic (exact) mass is 261 g/mol. The number of amides is 1. The first kappa shape index (κ1) is 13.9. The SMILES string of the molecule is CCC(=O)Nc1ccc(NC2CC(C)N(C)C2)cc1. The zero-order valence-corrected chi connectivity index (χ0v) is 11.9. The second-order valence-electron chi connectivity index (χ2n) is 5.34. The van der Waals surface area contributed by atoms with Gasteiger partial charge in [0.15, 0.2) is 0 Å². The normalized spacial score (nSPS) is 23.3. The fraction of sp³-hybridized carbons (Fsp3) is 0.533. The van der Waals surface area contributed by atoms with Crippen molar-refractivity contribution >= 4 is 17.3 Å². The molecular weight excluding hydrogens is 238 g/mol. The molecule has 0 spiro atoms. The number of nitrogens with one attached hydrogen (secondary N) is 2. The number of rotatable bonds is 4. The standard InChI is InChI=1S/C15H23N3O/c1-4-15(19)17-13-7-5-12(6-8-13)16-14-9-11(2)18(3)10-14/h5-8,11,14,16H,4,9-10H2,1-3H3,(H,17,19). The number of carbonyl (C=O) groups excluding carboxylic acids is 1. The van der Waals surface area contributed by atoms with Gasteiger partial charge in [0.05, 0.1) is 0 Å². The summed E-state index contributed by atoms with van der Waals surface area (Å²) >= 11 is 0. The number of hydrogen-bond acceptors (Lipinski definition) is 3. The quantitative estimate of drug-likeness (QED) is 0.875. The van der Waals surface area contributed by atoms with Crippen LogP contribution in [0.3, 0.4) is 0 Å². The van der Waals surface area contributed by atoms with Gasteiger partial charge in [-0.1, -0.05) is 6.92 Å². The van der Waals surface area contributed by atoms with Crippen molar-refractivity contribution in [2.45, 2.75) is 38.8 Å². The van der Waals surface area contributed by atoms with Crippen LogP contribution in [0.5, 0.6) is 0 Å². The molecule has 1 fully saturated rings. The second kappa shape index (κ2) is 6.06. The molecule has 0 radical (unpaired) electrons. The largest absolute Gasteiger partial charge is 0.381 e. The van der Waals surface area contributed by atoms with E-state index in [0.29, 0.717) is 18.5 Å². The minimum atomic E-state index is 0.0481. The van der Waals surface area contributed by atoms with Crippen LogP contribution in [-0.2, 0) is 4.79 Å². The van der Waals surface area contributed by atoms with Crippen LogP contribution in [0.15, 0.2) is 24.3 Å². The summed E-state index contributed by atoms with van der Waals surface area (Å²) in [4.78, 5) is 13.7. The van der Waals surface area contributed by atoms with Gasteiger partial charge in [0.2, 0.25) is 5.91 Å². The summed E-state index contributed by atoms with van der Waals surface area (Å²) in [6, 6.07) is 9.08. The van der Waals surface area contributed by atoms with Crippen LogP contribution in [0.25, 0.3) is 0 Å². The minimum Gasteiger partial charge on any atom is -0.381 e. The van der Waals surface area contributed by atoms with Crippen LogP contribution < -0.4 is 10.6 Å². The maximum absolute atomic E-state index is 11.3. The van der Waals surface area contributed by atoms with Gasteiger partial charge < -0.3 is 15.5 Å². The lowest BCUT2D eigenvalue weighted by molar-refractivity contribution is -0.115. The average molecular weight is 261 g/mol. The highest BCUT2D eigenvalue weighted by atomic mass is 16.1. The summed E-state index contributed by atoms with van der Waals surface area (Å²) in [5.74, 6) is 0.0481. The summed E-state index contributed by atoms with van der Waals surface area (Å²) in [6.07, 6.45) is 1.68. The lowest BCUT2D eigenvalue weighted by Gasteiger charge is -2.14. The Balaban J connectivity index is 1.90. The van der Waals surface area contributed by atoms with Gasteiger partial charge in [-0.05, 0) is 44.7 Å². The zero-order valence-electron chi connectivity index (χ0n) is 11.9. The molecule has 19 heavy (non-hydrogen) atoms. The Bertz CT molecular complexity index is 420. The fourth-order valence-electron chi connectivity index (χ4n) is 2.43. The van der Waals surface area contributed by atoms with Crippen molar-refractivity contribution in [1.82, 2.24) is 4.90 Å². The Labute approximate surface area is 115 Å². The molecule has 4 nitrogen and oxygen atoms in total. The highest BCUT2D eigenvalue weighted by Crippen LogP contribution is 2.20. The average Bonchev–Trinajstić information content (AvgIpc) is 2.70. The van der Waals surface area contributed by atoms with E-state index in [1.165, 1.54) is 6.42 Å². The predicted molar refractivity (Wildman–Crippen MR) is 79.5 cm³/mol. The highest BCUT2D eigenvalue weighted by Gasteiger charge is 2.25. The topological polar surface area (TPSA) is 44.4 Å². The van der Waals surface area contributed by atoms with Crippen molar-refractivity contribution in [2.75, 3.05) is 24.2 Å². The molecule has 2 rings (SSSR count). The fourth-order valence-corrected chi connectivity index (χ4v) is 2.43. The van der Waals surface area contributed by atoms with Gasteiger partial charge in [-0.3, -0.25) is 4.79 Å². The minimum absolute atomic E-state index is 0.0481. The Kier molecular flexibility index (Phi) is 4.43. The van der Waals surface area contributed by atoms with Gasteiger partial charge >= 0.3 is 0 Å². The van der Waals surface area contributed by atoms with E-state index < -0.39 is 0 Å². The number of carbonyl (C=O) groups is 1. The maximum Gasteiger partial charge on any atom is 0.224 e. The molecule has 0 aromatic heterocycles. The molecule has 1 aromatic carbocycles. The highest BCUT2D eigenvalue weighted by molar-refractivity contribution is 5.90. The molecule has 2 N–H and O–H groups in total. The number of hydrogen-bond donors (Lipinski definition) is 2. The van der Waals surface area contributed by atoms with E-state index in [-0.39, 0.29) is 5.91 Å². The number of nitrogens with zero attached hydrogens (tertiary/aromatic N) is 1. The molecular formula is C15H23N3O. The van der Waals surface area contributed by atoms with Crippen LogP contribution in [0.4, 0.5) is 11.4 Å². The number of anilines is 2. The van der Waals surface area contributed by atoms with Crippen LogP contribution in [0.1, 0.15) is 26.7 Å². The van der Waals surface area contributed by atoms with E-state index in [9.17, 15) is 4.79 Å². The first-order valence-corrected chi connectivity index (χ1v) is 6.95. The van der Waals surface area contributed by atoms with Crippen LogP contribution in [0.2, 0.25) is 0 Å². The van der Waals surface area contributed by atoms with Crippen molar-refractivity contribution in [3.05, 3.63) is 24.3 Å². The van der Waals surface area contributed by atoms with Crippen molar-refractivity contribution in [2.24, 2.45) is 0 Å². The molecule has 1 saturated heterocycles. The Hall–Kier alpha value is -1.55. The molecule has 2 atom stereocenters. The van der Waals surface area contributed by atoms with E-state index in [1.54, 1.807) is 0 Å². The van der Waals surface area contributed by atoms with E-state index in [0.717, 1.165) is 17.9 Å².